The average Bonchev–Trinajstić information content (AvgIpc) is 2.72. The monoisotopic (exact) mass is 444 g/mol. The van der Waals surface area contributed by atoms with Crippen LogP contribution in [0.25, 0.3) is 0 Å². The first-order valence-electron chi connectivity index (χ1n) is 10.5. The molecule has 0 fully saturated rings. The lowest BCUT2D eigenvalue weighted by Gasteiger charge is -2.31. The molecule has 0 heterocycles. The molecule has 0 aliphatic heterocycles. The van der Waals surface area contributed by atoms with Gasteiger partial charge >= 0.3 is 6.09 Å². The Bertz CT molecular complexity index is 862. The van der Waals surface area contributed by atoms with Crippen molar-refractivity contribution in [1.29, 1.82) is 0 Å². The van der Waals surface area contributed by atoms with Crippen molar-refractivity contribution in [2.45, 2.75) is 58.1 Å². The van der Waals surface area contributed by atoms with Crippen LogP contribution in [0.15, 0.2) is 54.6 Å². The lowest BCUT2D eigenvalue weighted by Crippen LogP contribution is -2.57. The molecule has 0 saturated carbocycles. The third kappa shape index (κ3) is 8.56. The summed E-state index contributed by atoms with van der Waals surface area (Å²) in [4.78, 5) is 25.2. The molecule has 2 aromatic rings. The van der Waals surface area contributed by atoms with E-state index in [1.807, 2.05) is 44.2 Å². The van der Waals surface area contributed by atoms with Crippen LogP contribution < -0.4 is 10.6 Å². The van der Waals surface area contributed by atoms with Gasteiger partial charge in [0, 0.05) is 0 Å². The molecule has 2 atom stereocenters. The number of nitrogens with one attached hydrogen (secondary N) is 2. The minimum atomic E-state index is -2.20. The normalized spacial score (nSPS) is 13.3. The lowest BCUT2D eigenvalue weighted by atomic mass is 9.97. The van der Waals surface area contributed by atoms with Crippen molar-refractivity contribution < 1.29 is 29.6 Å². The van der Waals surface area contributed by atoms with Gasteiger partial charge in [-0.05, 0) is 48.9 Å². The number of hydrogen-bond acceptors (Lipinski definition) is 6. The summed E-state index contributed by atoms with van der Waals surface area (Å²) < 4.78 is 5.22. The number of hydrogen-bond donors (Lipinski definition) is 5. The fourth-order valence-corrected chi connectivity index (χ4v) is 3.13. The Morgan fingerprint density at radius 3 is 2.16 bits per heavy atom. The van der Waals surface area contributed by atoms with Crippen molar-refractivity contribution in [3.63, 3.8) is 0 Å². The average molecular weight is 445 g/mol. The van der Waals surface area contributed by atoms with Crippen LogP contribution >= 0.6 is 0 Å². The minimum absolute atomic E-state index is 0.0670. The Kier molecular flexibility index (Phi) is 9.04. The minimum Gasteiger partial charge on any atom is -0.508 e. The van der Waals surface area contributed by atoms with E-state index in [0.717, 1.165) is 5.56 Å². The highest BCUT2D eigenvalue weighted by molar-refractivity contribution is 5.86. The number of phenols is 1. The molecular formula is C24H32N2O6. The zero-order valence-corrected chi connectivity index (χ0v) is 18.6. The first kappa shape index (κ1) is 25.2. The number of benzene rings is 2. The highest BCUT2D eigenvalue weighted by atomic mass is 16.5. The van der Waals surface area contributed by atoms with Crippen molar-refractivity contribution >= 4 is 12.0 Å². The third-order valence-corrected chi connectivity index (χ3v) is 4.88. The molecular weight excluding hydrogens is 412 g/mol. The maximum Gasteiger partial charge on any atom is 0.408 e. The number of phenolic OH excluding ortho intramolecular Hbond substituents is 1. The van der Waals surface area contributed by atoms with Gasteiger partial charge in [0.2, 0.25) is 5.91 Å². The first-order valence-corrected chi connectivity index (χ1v) is 10.5. The number of ether oxygens (including phenoxy) is 1. The fraction of sp³-hybridized carbons (Fsp3) is 0.417. The summed E-state index contributed by atoms with van der Waals surface area (Å²) in [6.45, 7) is 5.07. The molecule has 174 valence electrons. The predicted octanol–water partition coefficient (Wildman–Crippen LogP) is 2.46. The third-order valence-electron chi connectivity index (χ3n) is 4.88. The molecule has 8 nitrogen and oxygen atoms in total. The summed E-state index contributed by atoms with van der Waals surface area (Å²) >= 11 is 0. The van der Waals surface area contributed by atoms with Crippen molar-refractivity contribution in [2.75, 3.05) is 0 Å². The maximum absolute atomic E-state index is 12.9. The highest BCUT2D eigenvalue weighted by Crippen LogP contribution is 2.16. The first-order chi connectivity index (χ1) is 15.0. The van der Waals surface area contributed by atoms with Crippen LogP contribution in [0, 0.1) is 5.92 Å². The number of carbonyl (C=O) groups excluding carboxylic acids is 2. The molecule has 2 amide bonds. The topological polar surface area (TPSA) is 128 Å². The largest absolute Gasteiger partial charge is 0.508 e. The van der Waals surface area contributed by atoms with Gasteiger partial charge in [-0.15, -0.1) is 0 Å². The van der Waals surface area contributed by atoms with Crippen molar-refractivity contribution in [3.8, 4) is 5.75 Å². The van der Waals surface area contributed by atoms with E-state index in [-0.39, 0.29) is 24.7 Å². The second kappa shape index (κ2) is 11.5. The van der Waals surface area contributed by atoms with Crippen LogP contribution in [0.5, 0.6) is 5.75 Å². The van der Waals surface area contributed by atoms with Gasteiger partial charge in [-0.25, -0.2) is 4.79 Å². The summed E-state index contributed by atoms with van der Waals surface area (Å²) in [6, 6.07) is 13.4. The Balaban J connectivity index is 2.04. The number of rotatable bonds is 10. The summed E-state index contributed by atoms with van der Waals surface area (Å²) in [5.41, 5.74) is 1.51. The van der Waals surface area contributed by atoms with Crippen molar-refractivity contribution in [3.05, 3.63) is 65.7 Å². The molecule has 2 rings (SSSR count). The Morgan fingerprint density at radius 2 is 1.59 bits per heavy atom. The molecule has 32 heavy (non-hydrogen) atoms. The van der Waals surface area contributed by atoms with Gasteiger partial charge in [-0.2, -0.15) is 0 Å². The van der Waals surface area contributed by atoms with E-state index in [1.54, 1.807) is 12.1 Å². The zero-order valence-electron chi connectivity index (χ0n) is 18.6. The molecule has 0 radical (unpaired) electrons. The van der Waals surface area contributed by atoms with Crippen molar-refractivity contribution in [2.24, 2.45) is 5.92 Å². The predicted molar refractivity (Wildman–Crippen MR) is 120 cm³/mol. The Hall–Kier alpha value is -3.10. The molecule has 0 unspecified atom stereocenters. The zero-order chi connectivity index (χ0) is 23.7. The Morgan fingerprint density at radius 1 is 0.969 bits per heavy atom. The van der Waals surface area contributed by atoms with Crippen LogP contribution in [0.1, 0.15) is 38.3 Å². The van der Waals surface area contributed by atoms with Crippen LogP contribution in [-0.4, -0.2) is 45.2 Å². The second-order valence-corrected chi connectivity index (χ2v) is 8.41. The molecule has 0 aliphatic carbocycles. The molecule has 0 bridgehead atoms. The molecule has 0 aromatic heterocycles. The summed E-state index contributed by atoms with van der Waals surface area (Å²) in [7, 11) is 0. The summed E-state index contributed by atoms with van der Waals surface area (Å²) in [5, 5.41) is 35.0. The maximum atomic E-state index is 12.9. The van der Waals surface area contributed by atoms with Crippen LogP contribution in [0.3, 0.4) is 0 Å². The number of alkyl carbamates (subject to hydrolysis) is 1. The standard InChI is InChI=1S/C24H32N2O6/c1-16(2)13-20(25-23(29)32-15-18-7-5-4-6-8-18)22(28)26-21(24(3,30)31)14-17-9-11-19(27)12-10-17/h4-12,16,20-21,27,30-31H,13-15H2,1-3H3,(H,25,29)(H,26,28)/t20-,21-/m0/s1. The van der Waals surface area contributed by atoms with Gasteiger partial charge in [0.15, 0.2) is 5.79 Å². The number of amides is 2. The highest BCUT2D eigenvalue weighted by Gasteiger charge is 2.33. The summed E-state index contributed by atoms with van der Waals surface area (Å²) in [6.07, 6.45) is -0.283. The van der Waals surface area contributed by atoms with Gasteiger partial charge in [0.25, 0.3) is 0 Å². The summed E-state index contributed by atoms with van der Waals surface area (Å²) in [5.74, 6) is -2.58. The van der Waals surface area contributed by atoms with E-state index in [1.165, 1.54) is 19.1 Å². The van der Waals surface area contributed by atoms with E-state index in [9.17, 15) is 24.9 Å². The van der Waals surface area contributed by atoms with E-state index < -0.39 is 29.9 Å². The molecule has 0 spiro atoms. The van der Waals surface area contributed by atoms with E-state index in [4.69, 9.17) is 4.74 Å². The fourth-order valence-electron chi connectivity index (χ4n) is 3.13. The van der Waals surface area contributed by atoms with Gasteiger partial charge in [-0.1, -0.05) is 56.3 Å². The molecule has 5 N–H and O–H groups in total. The number of carbonyl (C=O) groups is 2. The van der Waals surface area contributed by atoms with Gasteiger partial charge in [0.1, 0.15) is 18.4 Å². The lowest BCUT2D eigenvalue weighted by molar-refractivity contribution is -0.171. The van der Waals surface area contributed by atoms with Gasteiger partial charge in [-0.3, -0.25) is 4.79 Å². The molecule has 8 heteroatoms. The quantitative estimate of drug-likeness (QED) is 0.358. The Labute approximate surface area is 188 Å². The smallest absolute Gasteiger partial charge is 0.408 e. The van der Waals surface area contributed by atoms with Crippen LogP contribution in [0.4, 0.5) is 4.79 Å². The molecule has 2 aromatic carbocycles. The van der Waals surface area contributed by atoms with E-state index in [2.05, 4.69) is 10.6 Å². The second-order valence-electron chi connectivity index (χ2n) is 8.41. The van der Waals surface area contributed by atoms with E-state index in [0.29, 0.717) is 12.0 Å². The number of aromatic hydroxyl groups is 1. The van der Waals surface area contributed by atoms with Gasteiger partial charge in [0.05, 0.1) is 6.04 Å². The van der Waals surface area contributed by atoms with Crippen LogP contribution in [0.2, 0.25) is 0 Å². The molecule has 0 aliphatic rings. The van der Waals surface area contributed by atoms with E-state index >= 15 is 0 Å². The SMILES string of the molecule is CC(C)C[C@H](NC(=O)OCc1ccccc1)C(=O)N[C@@H](Cc1ccc(O)cc1)C(C)(O)O. The van der Waals surface area contributed by atoms with Crippen LogP contribution in [-0.2, 0) is 22.6 Å². The van der Waals surface area contributed by atoms with Crippen molar-refractivity contribution in [1.82, 2.24) is 10.6 Å². The van der Waals surface area contributed by atoms with Gasteiger partial charge < -0.3 is 30.7 Å². The number of aliphatic hydroxyl groups is 2. The molecule has 0 saturated heterocycles.